The van der Waals surface area contributed by atoms with E-state index in [9.17, 15) is 17.4 Å². The van der Waals surface area contributed by atoms with Crippen molar-refractivity contribution in [3.05, 3.63) is 35.4 Å². The van der Waals surface area contributed by atoms with Crippen LogP contribution >= 0.6 is 0 Å². The third kappa shape index (κ3) is 4.10. The second-order valence-electron chi connectivity index (χ2n) is 4.06. The van der Waals surface area contributed by atoms with E-state index in [1.165, 1.54) is 0 Å². The lowest BCUT2D eigenvalue weighted by atomic mass is 10.1. The van der Waals surface area contributed by atoms with Gasteiger partial charge in [-0.15, -0.1) is 0 Å². The summed E-state index contributed by atoms with van der Waals surface area (Å²) in [5.41, 5.74) is 6.68. The van der Waals surface area contributed by atoms with Gasteiger partial charge in [-0.3, -0.25) is 4.21 Å². The molecule has 0 aliphatic carbocycles. The zero-order valence-corrected chi connectivity index (χ0v) is 10.9. The quantitative estimate of drug-likeness (QED) is 0.900. The van der Waals surface area contributed by atoms with Gasteiger partial charge in [-0.1, -0.05) is 24.3 Å². The van der Waals surface area contributed by atoms with Crippen molar-refractivity contribution < 1.29 is 17.4 Å². The highest BCUT2D eigenvalue weighted by Gasteiger charge is 2.43. The number of nitrogens with two attached hydrogens (primary N) is 1. The highest BCUT2D eigenvalue weighted by Crippen LogP contribution is 2.28. The van der Waals surface area contributed by atoms with E-state index in [4.69, 9.17) is 5.73 Å². The van der Waals surface area contributed by atoms with Crippen molar-refractivity contribution in [3.63, 3.8) is 0 Å². The van der Waals surface area contributed by atoms with Crippen molar-refractivity contribution in [2.45, 2.75) is 30.5 Å². The van der Waals surface area contributed by atoms with E-state index >= 15 is 0 Å². The molecule has 0 saturated heterocycles. The highest BCUT2D eigenvalue weighted by atomic mass is 32.2. The van der Waals surface area contributed by atoms with Crippen LogP contribution in [0, 0.1) is 6.92 Å². The molecule has 0 saturated carbocycles. The summed E-state index contributed by atoms with van der Waals surface area (Å²) < 4.78 is 50.0. The van der Waals surface area contributed by atoms with Crippen LogP contribution in [0.25, 0.3) is 0 Å². The molecule has 0 fully saturated rings. The summed E-state index contributed by atoms with van der Waals surface area (Å²) in [5, 5.41) is -1.85. The molecular weight excluding hydrogens is 263 g/mol. The summed E-state index contributed by atoms with van der Waals surface area (Å²) in [4.78, 5) is 0. The molecule has 0 bridgehead atoms. The Kier molecular flexibility index (Phi) is 5.34. The number of rotatable bonds is 5. The maximum atomic E-state index is 12.7. The summed E-state index contributed by atoms with van der Waals surface area (Å²) in [5.74, 6) is -0.0865. The first-order chi connectivity index (χ1) is 8.36. The van der Waals surface area contributed by atoms with Gasteiger partial charge in [0.2, 0.25) is 0 Å². The molecule has 0 aromatic heterocycles. The van der Waals surface area contributed by atoms with Crippen LogP contribution in [0.2, 0.25) is 0 Å². The first kappa shape index (κ1) is 15.2. The highest BCUT2D eigenvalue weighted by molar-refractivity contribution is 7.84. The molecule has 2 unspecified atom stereocenters. The first-order valence-electron chi connectivity index (χ1n) is 5.54. The van der Waals surface area contributed by atoms with Crippen LogP contribution in [0.4, 0.5) is 13.2 Å². The molecule has 6 heteroatoms. The SMILES string of the molecule is Cc1ccccc1CS(=O)C(CCN)C(F)(F)F. The number of benzene rings is 1. The largest absolute Gasteiger partial charge is 0.403 e. The Morgan fingerprint density at radius 2 is 1.94 bits per heavy atom. The molecule has 1 rings (SSSR count). The van der Waals surface area contributed by atoms with E-state index in [1.807, 2.05) is 0 Å². The molecular formula is C12H16F3NOS. The molecule has 0 aliphatic heterocycles. The van der Waals surface area contributed by atoms with E-state index in [1.54, 1.807) is 31.2 Å². The van der Waals surface area contributed by atoms with Crippen molar-refractivity contribution in [2.24, 2.45) is 5.73 Å². The maximum Gasteiger partial charge on any atom is 0.403 e. The van der Waals surface area contributed by atoms with Gasteiger partial charge in [0.05, 0.1) is 0 Å². The minimum atomic E-state index is -4.47. The zero-order chi connectivity index (χ0) is 13.8. The third-order valence-corrected chi connectivity index (χ3v) is 4.40. The fraction of sp³-hybridized carbons (Fsp3) is 0.500. The Hall–Kier alpha value is -0.880. The fourth-order valence-corrected chi connectivity index (χ4v) is 3.15. The minimum absolute atomic E-state index is 0.0865. The second kappa shape index (κ2) is 6.33. The third-order valence-electron chi connectivity index (χ3n) is 2.67. The normalized spacial score (nSPS) is 15.4. The van der Waals surface area contributed by atoms with Crippen LogP contribution in [0.1, 0.15) is 17.5 Å². The van der Waals surface area contributed by atoms with Crippen LogP contribution in [-0.2, 0) is 16.6 Å². The van der Waals surface area contributed by atoms with Crippen molar-refractivity contribution >= 4 is 10.8 Å². The van der Waals surface area contributed by atoms with Gasteiger partial charge in [0.25, 0.3) is 0 Å². The van der Waals surface area contributed by atoms with Gasteiger partial charge < -0.3 is 5.73 Å². The minimum Gasteiger partial charge on any atom is -0.330 e. The molecule has 0 aliphatic rings. The molecule has 0 heterocycles. The standard InChI is InChI=1S/C12H16F3NOS/c1-9-4-2-3-5-10(9)8-18(17)11(6-7-16)12(13,14)15/h2-5,11H,6-8,16H2,1H3. The van der Waals surface area contributed by atoms with Crippen molar-refractivity contribution in [1.29, 1.82) is 0 Å². The molecule has 0 spiro atoms. The average Bonchev–Trinajstić information content (AvgIpc) is 2.27. The summed E-state index contributed by atoms with van der Waals surface area (Å²) in [7, 11) is -1.99. The Bertz CT molecular complexity index is 420. The summed E-state index contributed by atoms with van der Waals surface area (Å²) in [6.45, 7) is 1.67. The molecule has 1 aromatic carbocycles. The lowest BCUT2D eigenvalue weighted by Crippen LogP contribution is -2.35. The maximum absolute atomic E-state index is 12.7. The fourth-order valence-electron chi connectivity index (χ4n) is 1.62. The Balaban J connectivity index is 2.83. The molecule has 1 aromatic rings. The molecule has 18 heavy (non-hydrogen) atoms. The Morgan fingerprint density at radius 1 is 1.33 bits per heavy atom. The lowest BCUT2D eigenvalue weighted by Gasteiger charge is -2.19. The van der Waals surface area contributed by atoms with Crippen molar-refractivity contribution in [2.75, 3.05) is 6.54 Å². The topological polar surface area (TPSA) is 43.1 Å². The molecule has 0 radical (unpaired) electrons. The molecule has 2 atom stereocenters. The number of aryl methyl sites for hydroxylation is 1. The molecule has 102 valence electrons. The number of halogens is 3. The first-order valence-corrected chi connectivity index (χ1v) is 6.93. The van der Waals surface area contributed by atoms with Crippen LogP contribution in [0.3, 0.4) is 0 Å². The average molecular weight is 279 g/mol. The summed E-state index contributed by atoms with van der Waals surface area (Å²) in [6, 6.07) is 7.01. The van der Waals surface area contributed by atoms with Gasteiger partial charge in [0, 0.05) is 16.6 Å². The predicted molar refractivity (Wildman–Crippen MR) is 66.5 cm³/mol. The molecule has 2 nitrogen and oxygen atoms in total. The number of alkyl halides is 3. The monoisotopic (exact) mass is 279 g/mol. The van der Waals surface area contributed by atoms with Crippen LogP contribution in [0.5, 0.6) is 0 Å². The lowest BCUT2D eigenvalue weighted by molar-refractivity contribution is -0.130. The van der Waals surface area contributed by atoms with Gasteiger partial charge in [0.1, 0.15) is 5.25 Å². The van der Waals surface area contributed by atoms with Gasteiger partial charge in [0.15, 0.2) is 0 Å². The van der Waals surface area contributed by atoms with Gasteiger partial charge in [-0.2, -0.15) is 13.2 Å². The Morgan fingerprint density at radius 3 is 2.44 bits per heavy atom. The van der Waals surface area contributed by atoms with Crippen molar-refractivity contribution in [1.82, 2.24) is 0 Å². The van der Waals surface area contributed by atoms with E-state index in [0.717, 1.165) is 5.56 Å². The zero-order valence-electron chi connectivity index (χ0n) is 10.0. The molecule has 0 amide bonds. The smallest absolute Gasteiger partial charge is 0.330 e. The van der Waals surface area contributed by atoms with Crippen LogP contribution < -0.4 is 5.73 Å². The summed E-state index contributed by atoms with van der Waals surface area (Å²) in [6.07, 6.45) is -4.77. The van der Waals surface area contributed by atoms with Gasteiger partial charge in [-0.25, -0.2) is 0 Å². The van der Waals surface area contributed by atoms with Gasteiger partial charge >= 0.3 is 6.18 Å². The van der Waals surface area contributed by atoms with Gasteiger partial charge in [-0.05, 0) is 31.0 Å². The van der Waals surface area contributed by atoms with E-state index in [0.29, 0.717) is 5.56 Å². The number of hydrogen-bond acceptors (Lipinski definition) is 2. The van der Waals surface area contributed by atoms with E-state index in [-0.39, 0.29) is 18.7 Å². The number of hydrogen-bond donors (Lipinski definition) is 1. The predicted octanol–water partition coefficient (Wildman–Crippen LogP) is 2.52. The Labute approximate surface area is 107 Å². The van der Waals surface area contributed by atoms with Crippen molar-refractivity contribution in [3.8, 4) is 0 Å². The second-order valence-corrected chi connectivity index (χ2v) is 5.68. The summed E-state index contributed by atoms with van der Waals surface area (Å²) >= 11 is 0. The van der Waals surface area contributed by atoms with Crippen LogP contribution in [0.15, 0.2) is 24.3 Å². The van der Waals surface area contributed by atoms with E-state index in [2.05, 4.69) is 0 Å². The van der Waals surface area contributed by atoms with E-state index < -0.39 is 22.2 Å². The van der Waals surface area contributed by atoms with Crippen LogP contribution in [-0.4, -0.2) is 22.2 Å². The molecule has 2 N–H and O–H groups in total.